The largest absolute Gasteiger partial charge is 1.00 e. The van der Waals surface area contributed by atoms with Gasteiger partial charge >= 0.3 is 59.1 Å². The summed E-state index contributed by atoms with van der Waals surface area (Å²) in [5.74, 6) is 0. The van der Waals surface area contributed by atoms with Crippen molar-refractivity contribution in [3.05, 3.63) is 75.7 Å². The van der Waals surface area contributed by atoms with Crippen molar-refractivity contribution in [2.75, 3.05) is 25.1 Å². The van der Waals surface area contributed by atoms with Gasteiger partial charge < -0.3 is 15.6 Å². The van der Waals surface area contributed by atoms with E-state index in [1.807, 2.05) is 0 Å². The summed E-state index contributed by atoms with van der Waals surface area (Å²) in [4.78, 5) is 2.07. The van der Waals surface area contributed by atoms with Gasteiger partial charge in [0.15, 0.2) is 0 Å². The zero-order valence-electron chi connectivity index (χ0n) is 21.6. The molecule has 198 valence electrons. The van der Waals surface area contributed by atoms with Crippen LogP contribution < -0.4 is 70.2 Å². The SMILES string of the molecule is CN=C1C(C)=CC(=C(c2ccc(N)c(S(=O)(=O)[O-])c2)c2ccc(NC)c(S(=O)(=O)O)c2)C=C1S(=O)(=O)O.[Na+].[Na+]. The molecule has 0 unspecified atom stereocenters. The molecule has 3 rings (SSSR count). The van der Waals surface area contributed by atoms with Crippen LogP contribution >= 0.6 is 0 Å². The van der Waals surface area contributed by atoms with Crippen LogP contribution in [0.1, 0.15) is 18.1 Å². The first-order valence-electron chi connectivity index (χ1n) is 10.2. The van der Waals surface area contributed by atoms with Crippen LogP contribution in [0, 0.1) is 0 Å². The van der Waals surface area contributed by atoms with Gasteiger partial charge in [-0.15, -0.1) is 0 Å². The molecule has 0 aliphatic heterocycles. The maximum Gasteiger partial charge on any atom is 1.00 e. The second-order valence-electron chi connectivity index (χ2n) is 7.86. The number of aliphatic imine (C=N–C) groups is 1. The molecule has 1 aliphatic carbocycles. The van der Waals surface area contributed by atoms with Crippen molar-refractivity contribution in [1.29, 1.82) is 0 Å². The number of hydrogen-bond acceptors (Lipinski definition) is 10. The topological polar surface area (TPSA) is 216 Å². The van der Waals surface area contributed by atoms with Crippen LogP contribution in [0.4, 0.5) is 11.4 Å². The van der Waals surface area contributed by atoms with E-state index in [-0.39, 0.29) is 98.5 Å². The van der Waals surface area contributed by atoms with Gasteiger partial charge in [-0.05, 0) is 71.2 Å². The van der Waals surface area contributed by atoms with Gasteiger partial charge in [0, 0.05) is 19.8 Å². The molecule has 5 N–H and O–H groups in total. The van der Waals surface area contributed by atoms with Gasteiger partial charge in [-0.25, -0.2) is 8.42 Å². The maximum atomic E-state index is 12.1. The van der Waals surface area contributed by atoms with E-state index in [0.29, 0.717) is 5.57 Å². The van der Waals surface area contributed by atoms with Crippen LogP contribution in [0.2, 0.25) is 0 Å². The third-order valence-electron chi connectivity index (χ3n) is 5.44. The van der Waals surface area contributed by atoms with E-state index in [1.54, 1.807) is 0 Å². The van der Waals surface area contributed by atoms with E-state index < -0.39 is 45.1 Å². The number of allylic oxidation sites excluding steroid dienone is 5. The fourth-order valence-corrected chi connectivity index (χ4v) is 6.00. The molecule has 0 heterocycles. The minimum Gasteiger partial charge on any atom is -0.744 e. The number of hydrogen-bond donors (Lipinski definition) is 4. The molecule has 0 saturated carbocycles. The molecule has 0 spiro atoms. The van der Waals surface area contributed by atoms with Gasteiger partial charge in [-0.1, -0.05) is 12.1 Å². The van der Waals surface area contributed by atoms with Crippen LogP contribution in [0.15, 0.2) is 79.4 Å². The van der Waals surface area contributed by atoms with Crippen molar-refractivity contribution >= 4 is 53.0 Å². The molecule has 0 radical (unpaired) electrons. The van der Waals surface area contributed by atoms with Crippen molar-refractivity contribution in [3.8, 4) is 0 Å². The maximum absolute atomic E-state index is 12.1. The molecule has 12 nitrogen and oxygen atoms in total. The van der Waals surface area contributed by atoms with Gasteiger partial charge in [0.1, 0.15) is 19.9 Å². The number of nitrogens with one attached hydrogen (secondary N) is 1. The second-order valence-corrected chi connectivity index (χ2v) is 12.0. The Morgan fingerprint density at radius 1 is 0.897 bits per heavy atom. The van der Waals surface area contributed by atoms with Gasteiger partial charge in [0.05, 0.1) is 16.3 Å². The summed E-state index contributed by atoms with van der Waals surface area (Å²) in [6.45, 7) is 1.52. The van der Waals surface area contributed by atoms with Crippen LogP contribution in [-0.4, -0.2) is 58.7 Å². The summed E-state index contributed by atoms with van der Waals surface area (Å²) >= 11 is 0. The standard InChI is InChI=1S/C22H23N3O9S3.2Na/c1-12-8-15(11-20(22(12)25-3)37(32,33)34)21(13-4-6-16(23)18(9-13)35(26,27)28)14-5-7-17(24-2)19(10-14)36(29,30)31;;/h4-11,24H,23H2,1-3H3,(H,26,27,28)(H,29,30,31)(H,32,33,34);;/q;2*+1/p-1. The van der Waals surface area contributed by atoms with Crippen molar-refractivity contribution in [1.82, 2.24) is 0 Å². The van der Waals surface area contributed by atoms with Crippen molar-refractivity contribution in [2.24, 2.45) is 4.99 Å². The number of benzene rings is 2. The van der Waals surface area contributed by atoms with Crippen molar-refractivity contribution in [3.63, 3.8) is 0 Å². The fourth-order valence-electron chi connectivity index (χ4n) is 3.88. The second kappa shape index (κ2) is 13.1. The quantitative estimate of drug-likeness (QED) is 0.140. The van der Waals surface area contributed by atoms with Gasteiger partial charge in [0.25, 0.3) is 20.2 Å². The molecule has 0 fully saturated rings. The Hall–Kier alpha value is -1.34. The normalized spacial score (nSPS) is 16.4. The Morgan fingerprint density at radius 2 is 1.44 bits per heavy atom. The predicted octanol–water partition coefficient (Wildman–Crippen LogP) is -3.93. The van der Waals surface area contributed by atoms with Crippen molar-refractivity contribution < 1.29 is 98.0 Å². The van der Waals surface area contributed by atoms with E-state index >= 15 is 0 Å². The predicted molar refractivity (Wildman–Crippen MR) is 137 cm³/mol. The molecule has 0 atom stereocenters. The van der Waals surface area contributed by atoms with Gasteiger partial charge in [0.2, 0.25) is 0 Å². The Kier molecular flexibility index (Phi) is 12.0. The first kappa shape index (κ1) is 35.7. The van der Waals surface area contributed by atoms with E-state index in [0.717, 1.165) is 24.3 Å². The molecular formula is C22H22N3Na2O9S3+. The molecule has 0 saturated heterocycles. The summed E-state index contributed by atoms with van der Waals surface area (Å²) in [6, 6.07) is 7.30. The molecule has 1 aliphatic rings. The molecule has 0 amide bonds. The summed E-state index contributed by atoms with van der Waals surface area (Å²) in [5.41, 5.74) is 5.95. The Labute approximate surface area is 271 Å². The van der Waals surface area contributed by atoms with E-state index in [2.05, 4.69) is 10.3 Å². The van der Waals surface area contributed by atoms with Crippen LogP contribution in [0.5, 0.6) is 0 Å². The summed E-state index contributed by atoms with van der Waals surface area (Å²) in [6.07, 6.45) is 2.55. The zero-order chi connectivity index (χ0) is 27.9. The van der Waals surface area contributed by atoms with Crippen LogP contribution in [-0.2, 0) is 30.4 Å². The third kappa shape index (κ3) is 7.90. The van der Waals surface area contributed by atoms with Crippen LogP contribution in [0.3, 0.4) is 0 Å². The molecule has 17 heteroatoms. The van der Waals surface area contributed by atoms with Crippen LogP contribution in [0.25, 0.3) is 5.57 Å². The molecule has 0 bridgehead atoms. The Bertz CT molecular complexity index is 1760. The first-order valence-corrected chi connectivity index (χ1v) is 14.5. The molecular weight excluding hydrogens is 592 g/mol. The molecule has 2 aromatic rings. The number of rotatable bonds is 6. The number of anilines is 2. The summed E-state index contributed by atoms with van der Waals surface area (Å²) in [5, 5.41) is 2.63. The first-order chi connectivity index (χ1) is 17.0. The average molecular weight is 615 g/mol. The number of nitrogen functional groups attached to an aromatic ring is 1. The fraction of sp³-hybridized carbons (Fsp3) is 0.136. The number of nitrogens with two attached hydrogens (primary N) is 1. The van der Waals surface area contributed by atoms with E-state index in [9.17, 15) is 38.9 Å². The monoisotopic (exact) mass is 614 g/mol. The summed E-state index contributed by atoms with van der Waals surface area (Å²) in [7, 11) is -11.8. The van der Waals surface area contributed by atoms with Gasteiger partial charge in [-0.2, -0.15) is 16.8 Å². The third-order valence-corrected chi connectivity index (χ3v) is 8.10. The Balaban J connectivity index is 0.00000380. The Morgan fingerprint density at radius 3 is 1.90 bits per heavy atom. The minimum absolute atomic E-state index is 0. The summed E-state index contributed by atoms with van der Waals surface area (Å²) < 4.78 is 103. The average Bonchev–Trinajstić information content (AvgIpc) is 2.78. The van der Waals surface area contributed by atoms with E-state index in [1.165, 1.54) is 45.3 Å². The van der Waals surface area contributed by atoms with Gasteiger partial charge in [-0.3, -0.25) is 14.1 Å². The molecule has 0 aromatic heterocycles. The van der Waals surface area contributed by atoms with Crippen molar-refractivity contribution in [2.45, 2.75) is 16.7 Å². The smallest absolute Gasteiger partial charge is 0.744 e. The number of nitrogens with zero attached hydrogens (tertiary/aromatic N) is 1. The zero-order valence-corrected chi connectivity index (χ0v) is 28.1. The van der Waals surface area contributed by atoms with E-state index in [4.69, 9.17) is 5.73 Å². The minimum atomic E-state index is -5.03. The molecule has 39 heavy (non-hydrogen) atoms. The molecule has 2 aromatic carbocycles.